The lowest BCUT2D eigenvalue weighted by atomic mass is 9.82. The number of aliphatic hydroxyl groups excluding tert-OH is 1. The van der Waals surface area contributed by atoms with E-state index in [9.17, 15) is 24.8 Å². The van der Waals surface area contributed by atoms with E-state index in [-0.39, 0.29) is 30.3 Å². The van der Waals surface area contributed by atoms with Gasteiger partial charge in [0.15, 0.2) is 5.60 Å². The van der Waals surface area contributed by atoms with Crippen molar-refractivity contribution in [3.05, 3.63) is 87.7 Å². The second-order valence-corrected chi connectivity index (χ2v) is 10.7. The van der Waals surface area contributed by atoms with Gasteiger partial charge in [0.1, 0.15) is 0 Å². The fourth-order valence-electron chi connectivity index (χ4n) is 5.61. The zero-order valence-electron chi connectivity index (χ0n) is 23.4. The maximum absolute atomic E-state index is 13.9. The Morgan fingerprint density at radius 1 is 1.19 bits per heavy atom. The largest absolute Gasteiger partial charge is 0.396 e. The summed E-state index contributed by atoms with van der Waals surface area (Å²) in [4.78, 5) is 40.7. The SMILES string of the molecule is C[C@@H](/C=C/CCn1cc(CCO)nn1)[C@]1(O)C(=O)N(Cc2cccc(N3CCCCC3=O)c2)c2ccc([N+](=O)[O-])cc21. The Bertz CT molecular complexity index is 1520. The van der Waals surface area contributed by atoms with Crippen LogP contribution in [0.3, 0.4) is 0 Å². The number of nitro benzene ring substituents is 1. The van der Waals surface area contributed by atoms with Gasteiger partial charge in [0, 0.05) is 68.0 Å². The van der Waals surface area contributed by atoms with Crippen LogP contribution in [0.25, 0.3) is 0 Å². The molecule has 220 valence electrons. The predicted molar refractivity (Wildman–Crippen MR) is 155 cm³/mol. The van der Waals surface area contributed by atoms with Crippen molar-refractivity contribution in [2.24, 2.45) is 5.92 Å². The number of aromatic nitrogens is 3. The molecule has 2 aliphatic rings. The van der Waals surface area contributed by atoms with Gasteiger partial charge in [0.25, 0.3) is 11.6 Å². The molecule has 2 N–H and O–H groups in total. The maximum atomic E-state index is 13.9. The zero-order valence-corrected chi connectivity index (χ0v) is 23.4. The van der Waals surface area contributed by atoms with Gasteiger partial charge in [-0.15, -0.1) is 5.10 Å². The topological polar surface area (TPSA) is 155 Å². The van der Waals surface area contributed by atoms with Crippen LogP contribution in [0, 0.1) is 16.0 Å². The molecule has 2 atom stereocenters. The average molecular weight is 575 g/mol. The fraction of sp³-hybridized carbons (Fsp3) is 0.400. The third-order valence-electron chi connectivity index (χ3n) is 7.91. The summed E-state index contributed by atoms with van der Waals surface area (Å²) in [6, 6.07) is 11.5. The Kier molecular flexibility index (Phi) is 8.46. The molecule has 0 saturated carbocycles. The van der Waals surface area contributed by atoms with Crippen LogP contribution < -0.4 is 9.80 Å². The molecule has 0 aliphatic carbocycles. The molecule has 42 heavy (non-hydrogen) atoms. The van der Waals surface area contributed by atoms with Crippen LogP contribution in [0.4, 0.5) is 17.1 Å². The monoisotopic (exact) mass is 574 g/mol. The summed E-state index contributed by atoms with van der Waals surface area (Å²) >= 11 is 0. The minimum absolute atomic E-state index is 0.0110. The first-order valence-electron chi connectivity index (χ1n) is 14.1. The van der Waals surface area contributed by atoms with Crippen LogP contribution in [-0.2, 0) is 34.7 Å². The Morgan fingerprint density at radius 2 is 2.02 bits per heavy atom. The van der Waals surface area contributed by atoms with Crippen molar-refractivity contribution >= 4 is 28.9 Å². The van der Waals surface area contributed by atoms with Crippen molar-refractivity contribution < 1.29 is 24.7 Å². The van der Waals surface area contributed by atoms with Crippen molar-refractivity contribution in [3.63, 3.8) is 0 Å². The summed E-state index contributed by atoms with van der Waals surface area (Å²) in [6.45, 7) is 2.97. The van der Waals surface area contributed by atoms with E-state index in [1.807, 2.05) is 30.3 Å². The number of nitrogens with zero attached hydrogens (tertiary/aromatic N) is 6. The van der Waals surface area contributed by atoms with Crippen molar-refractivity contribution in [2.45, 2.75) is 57.7 Å². The maximum Gasteiger partial charge on any atom is 0.269 e. The van der Waals surface area contributed by atoms with Crippen LogP contribution >= 0.6 is 0 Å². The highest BCUT2D eigenvalue weighted by Gasteiger charge is 2.53. The van der Waals surface area contributed by atoms with Gasteiger partial charge in [-0.3, -0.25) is 24.4 Å². The van der Waals surface area contributed by atoms with Gasteiger partial charge in [-0.2, -0.15) is 0 Å². The fourth-order valence-corrected chi connectivity index (χ4v) is 5.61. The van der Waals surface area contributed by atoms with Crippen LogP contribution in [0.15, 0.2) is 60.8 Å². The summed E-state index contributed by atoms with van der Waals surface area (Å²) in [5.74, 6) is -1.20. The molecule has 3 heterocycles. The highest BCUT2D eigenvalue weighted by Crippen LogP contribution is 2.47. The quantitative estimate of drug-likeness (QED) is 0.201. The van der Waals surface area contributed by atoms with E-state index in [0.29, 0.717) is 43.7 Å². The first-order chi connectivity index (χ1) is 20.2. The standard InChI is InChI=1S/C30H34N6O6/c1-21(7-2-4-14-33-20-23(13-16-37)31-32-33)30(40)26-18-25(36(41)42)11-12-27(26)35(29(30)39)19-22-8-6-9-24(17-22)34-15-5-3-10-28(34)38/h2,6-9,11-12,17-18,20-21,37,40H,3-5,10,13-16,19H2,1H3/b7-2+/t21-,30+/m0/s1. The molecular weight excluding hydrogens is 540 g/mol. The Balaban J connectivity index is 1.38. The number of piperidine rings is 1. The molecule has 2 aromatic carbocycles. The summed E-state index contributed by atoms with van der Waals surface area (Å²) in [5, 5.41) is 40.6. The molecule has 2 aliphatic heterocycles. The molecule has 2 amide bonds. The van der Waals surface area contributed by atoms with E-state index in [4.69, 9.17) is 5.11 Å². The molecule has 0 radical (unpaired) electrons. The molecule has 0 unspecified atom stereocenters. The number of anilines is 2. The number of nitro groups is 1. The van der Waals surface area contributed by atoms with Gasteiger partial charge in [-0.1, -0.05) is 36.4 Å². The molecular formula is C30H34N6O6. The molecule has 1 aromatic heterocycles. The first-order valence-corrected chi connectivity index (χ1v) is 14.1. The lowest BCUT2D eigenvalue weighted by Crippen LogP contribution is -2.44. The molecule has 5 rings (SSSR count). The van der Waals surface area contributed by atoms with Crippen LogP contribution in [0.2, 0.25) is 0 Å². The van der Waals surface area contributed by atoms with Gasteiger partial charge in [-0.25, -0.2) is 0 Å². The molecule has 1 fully saturated rings. The highest BCUT2D eigenvalue weighted by molar-refractivity contribution is 6.07. The van der Waals surface area contributed by atoms with Crippen molar-refractivity contribution in [1.82, 2.24) is 15.0 Å². The van der Waals surface area contributed by atoms with Crippen molar-refractivity contribution in [2.75, 3.05) is 23.0 Å². The van der Waals surface area contributed by atoms with E-state index >= 15 is 0 Å². The van der Waals surface area contributed by atoms with Gasteiger partial charge >= 0.3 is 0 Å². The number of carbonyl (C=O) groups is 2. The number of aryl methyl sites for hydroxylation is 1. The molecule has 0 bridgehead atoms. The normalized spacial score (nSPS) is 19.5. The molecule has 3 aromatic rings. The zero-order chi connectivity index (χ0) is 29.9. The predicted octanol–water partition coefficient (Wildman–Crippen LogP) is 3.26. The van der Waals surface area contributed by atoms with Crippen molar-refractivity contribution in [3.8, 4) is 0 Å². The van der Waals surface area contributed by atoms with Crippen LogP contribution in [-0.4, -0.2) is 55.1 Å². The third kappa shape index (κ3) is 5.68. The number of allylic oxidation sites excluding steroid dienone is 1. The number of amides is 2. The molecule has 12 heteroatoms. The minimum atomic E-state index is -2.01. The number of aliphatic hydroxyl groups is 2. The van der Waals surface area contributed by atoms with Gasteiger partial charge in [0.2, 0.25) is 5.91 Å². The first kappa shape index (κ1) is 29.1. The summed E-state index contributed by atoms with van der Waals surface area (Å²) in [7, 11) is 0. The summed E-state index contributed by atoms with van der Waals surface area (Å²) in [5.41, 5.74) is 0.581. The van der Waals surface area contributed by atoms with E-state index in [2.05, 4.69) is 10.3 Å². The number of hydrogen-bond acceptors (Lipinski definition) is 8. The lowest BCUT2D eigenvalue weighted by Gasteiger charge is -2.28. The van der Waals surface area contributed by atoms with Crippen LogP contribution in [0.1, 0.15) is 49.4 Å². The second kappa shape index (κ2) is 12.2. The Morgan fingerprint density at radius 3 is 2.79 bits per heavy atom. The van der Waals surface area contributed by atoms with Gasteiger partial charge in [-0.05, 0) is 43.0 Å². The Hall–Kier alpha value is -4.42. The number of carbonyl (C=O) groups excluding carboxylic acids is 2. The highest BCUT2D eigenvalue weighted by atomic mass is 16.6. The summed E-state index contributed by atoms with van der Waals surface area (Å²) < 4.78 is 1.65. The molecule has 0 spiro atoms. The van der Waals surface area contributed by atoms with Gasteiger partial charge in [0.05, 0.1) is 22.8 Å². The van der Waals surface area contributed by atoms with Gasteiger partial charge < -0.3 is 20.0 Å². The van der Waals surface area contributed by atoms with E-state index in [0.717, 1.165) is 24.1 Å². The van der Waals surface area contributed by atoms with Crippen molar-refractivity contribution in [1.29, 1.82) is 0 Å². The molecule has 1 saturated heterocycles. The smallest absolute Gasteiger partial charge is 0.269 e. The Labute approximate surface area is 243 Å². The van der Waals surface area contributed by atoms with E-state index < -0.39 is 22.3 Å². The third-order valence-corrected chi connectivity index (χ3v) is 7.91. The average Bonchev–Trinajstić information content (AvgIpc) is 3.52. The number of non-ortho nitro benzene ring substituents is 1. The number of fused-ring (bicyclic) bond motifs is 1. The summed E-state index contributed by atoms with van der Waals surface area (Å²) in [6.07, 6.45) is 8.59. The van der Waals surface area contributed by atoms with E-state index in [1.165, 1.54) is 23.1 Å². The van der Waals surface area contributed by atoms with E-state index in [1.54, 1.807) is 28.8 Å². The number of hydrogen-bond donors (Lipinski definition) is 2. The number of rotatable bonds is 11. The second-order valence-electron chi connectivity index (χ2n) is 10.7. The minimum Gasteiger partial charge on any atom is -0.396 e. The number of benzene rings is 2. The lowest BCUT2D eigenvalue weighted by molar-refractivity contribution is -0.385. The van der Waals surface area contributed by atoms with Crippen LogP contribution in [0.5, 0.6) is 0 Å². The molecule has 12 nitrogen and oxygen atoms in total.